The van der Waals surface area contributed by atoms with Crippen molar-refractivity contribution in [1.29, 1.82) is 5.26 Å². The Hall–Kier alpha value is -1.76. The first-order chi connectivity index (χ1) is 7.74. The summed E-state index contributed by atoms with van der Waals surface area (Å²) in [6, 6.07) is 5.53. The highest BCUT2D eigenvalue weighted by Crippen LogP contribution is 2.30. The second-order valence-electron chi connectivity index (χ2n) is 3.54. The average Bonchev–Trinajstić information content (AvgIpc) is 2.81. The Balaban J connectivity index is 2.92. The van der Waals surface area contributed by atoms with E-state index >= 15 is 0 Å². The first-order valence-corrected chi connectivity index (χ1v) is 5.25. The Bertz CT molecular complexity index is 364. The van der Waals surface area contributed by atoms with Gasteiger partial charge in [-0.2, -0.15) is 5.26 Å². The van der Waals surface area contributed by atoms with Crippen molar-refractivity contribution in [2.45, 2.75) is 25.7 Å². The summed E-state index contributed by atoms with van der Waals surface area (Å²) in [4.78, 5) is 11.5. The zero-order valence-corrected chi connectivity index (χ0v) is 9.47. The minimum absolute atomic E-state index is 0.225. The standard InChI is InChI=1S/C12H15NO3/c1-3-5-9(11-6-4-7-16-11)10(8-13)12(14)15-2/h4,6-7,9-10H,3,5H2,1-2H3. The van der Waals surface area contributed by atoms with E-state index in [9.17, 15) is 4.79 Å². The monoisotopic (exact) mass is 221 g/mol. The lowest BCUT2D eigenvalue weighted by molar-refractivity contribution is -0.144. The number of carbonyl (C=O) groups excluding carboxylic acids is 1. The molecule has 0 aliphatic carbocycles. The number of rotatable bonds is 5. The molecule has 2 unspecified atom stereocenters. The summed E-state index contributed by atoms with van der Waals surface area (Å²) in [5.74, 6) is -0.857. The number of nitriles is 1. The molecule has 0 aromatic carbocycles. The van der Waals surface area contributed by atoms with E-state index < -0.39 is 11.9 Å². The van der Waals surface area contributed by atoms with E-state index in [0.717, 1.165) is 12.8 Å². The Morgan fingerprint density at radius 1 is 1.69 bits per heavy atom. The number of carbonyl (C=O) groups is 1. The van der Waals surface area contributed by atoms with Crippen LogP contribution in [0.15, 0.2) is 22.8 Å². The van der Waals surface area contributed by atoms with Crippen LogP contribution in [0, 0.1) is 17.2 Å². The van der Waals surface area contributed by atoms with Crippen LogP contribution in [-0.2, 0) is 9.53 Å². The van der Waals surface area contributed by atoms with Gasteiger partial charge in [-0.3, -0.25) is 4.79 Å². The van der Waals surface area contributed by atoms with Gasteiger partial charge < -0.3 is 9.15 Å². The zero-order valence-electron chi connectivity index (χ0n) is 9.47. The van der Waals surface area contributed by atoms with Crippen LogP contribution in [-0.4, -0.2) is 13.1 Å². The lowest BCUT2D eigenvalue weighted by Gasteiger charge is -2.17. The Morgan fingerprint density at radius 3 is 2.88 bits per heavy atom. The van der Waals surface area contributed by atoms with Crippen molar-refractivity contribution in [3.05, 3.63) is 24.2 Å². The summed E-state index contributed by atoms with van der Waals surface area (Å²) in [5, 5.41) is 9.03. The van der Waals surface area contributed by atoms with E-state index in [1.165, 1.54) is 7.11 Å². The van der Waals surface area contributed by atoms with Gasteiger partial charge in [-0.1, -0.05) is 13.3 Å². The molecule has 0 saturated carbocycles. The summed E-state index contributed by atoms with van der Waals surface area (Å²) in [6.07, 6.45) is 3.14. The molecule has 1 aromatic rings. The van der Waals surface area contributed by atoms with E-state index in [4.69, 9.17) is 9.68 Å². The lowest BCUT2D eigenvalue weighted by Crippen LogP contribution is -2.22. The van der Waals surface area contributed by atoms with Gasteiger partial charge in [-0.05, 0) is 18.6 Å². The highest BCUT2D eigenvalue weighted by atomic mass is 16.5. The number of furan rings is 1. The van der Waals surface area contributed by atoms with Crippen LogP contribution in [0.25, 0.3) is 0 Å². The van der Waals surface area contributed by atoms with Crippen molar-refractivity contribution in [2.24, 2.45) is 5.92 Å². The van der Waals surface area contributed by atoms with Crippen LogP contribution < -0.4 is 0 Å². The summed E-state index contributed by atoms with van der Waals surface area (Å²) < 4.78 is 9.89. The second-order valence-corrected chi connectivity index (χ2v) is 3.54. The molecule has 1 rings (SSSR count). The molecule has 86 valence electrons. The Kier molecular flexibility index (Phi) is 4.59. The van der Waals surface area contributed by atoms with Crippen molar-refractivity contribution in [2.75, 3.05) is 7.11 Å². The molecule has 0 bridgehead atoms. The molecule has 16 heavy (non-hydrogen) atoms. The molecule has 1 aromatic heterocycles. The summed E-state index contributed by atoms with van der Waals surface area (Å²) in [5.41, 5.74) is 0. The quantitative estimate of drug-likeness (QED) is 0.716. The molecule has 0 N–H and O–H groups in total. The van der Waals surface area contributed by atoms with Crippen LogP contribution >= 0.6 is 0 Å². The summed E-state index contributed by atoms with van der Waals surface area (Å²) in [6.45, 7) is 2.00. The number of nitrogens with zero attached hydrogens (tertiary/aromatic N) is 1. The summed E-state index contributed by atoms with van der Waals surface area (Å²) >= 11 is 0. The second kappa shape index (κ2) is 5.96. The molecule has 1 heterocycles. The molecule has 2 atom stereocenters. The molecule has 0 aliphatic heterocycles. The minimum atomic E-state index is -0.795. The molecule has 0 spiro atoms. The number of esters is 1. The largest absolute Gasteiger partial charge is 0.469 e. The number of hydrogen-bond donors (Lipinski definition) is 0. The van der Waals surface area contributed by atoms with E-state index in [-0.39, 0.29) is 5.92 Å². The molecule has 0 fully saturated rings. The van der Waals surface area contributed by atoms with Crippen LogP contribution in [0.1, 0.15) is 31.4 Å². The van der Waals surface area contributed by atoms with E-state index in [2.05, 4.69) is 4.74 Å². The van der Waals surface area contributed by atoms with Crippen molar-refractivity contribution in [1.82, 2.24) is 0 Å². The first kappa shape index (κ1) is 12.3. The predicted octanol–water partition coefficient (Wildman–Crippen LogP) is 2.48. The maximum Gasteiger partial charge on any atom is 0.323 e. The third-order valence-electron chi connectivity index (χ3n) is 2.50. The SMILES string of the molecule is CCCC(c1ccco1)C(C#N)C(=O)OC. The fourth-order valence-corrected chi connectivity index (χ4v) is 1.72. The van der Waals surface area contributed by atoms with Crippen molar-refractivity contribution < 1.29 is 13.9 Å². The maximum atomic E-state index is 11.5. The van der Waals surface area contributed by atoms with E-state index in [1.807, 2.05) is 13.0 Å². The Morgan fingerprint density at radius 2 is 2.44 bits per heavy atom. The molecular formula is C12H15NO3. The normalized spacial score (nSPS) is 13.8. The van der Waals surface area contributed by atoms with Gasteiger partial charge in [0.2, 0.25) is 0 Å². The van der Waals surface area contributed by atoms with Crippen molar-refractivity contribution in [3.8, 4) is 6.07 Å². The minimum Gasteiger partial charge on any atom is -0.469 e. The van der Waals surface area contributed by atoms with Crippen molar-refractivity contribution in [3.63, 3.8) is 0 Å². The molecular weight excluding hydrogens is 206 g/mol. The van der Waals surface area contributed by atoms with Gasteiger partial charge in [0.05, 0.1) is 19.4 Å². The molecule has 0 radical (unpaired) electrons. The molecule has 0 saturated heterocycles. The number of methoxy groups -OCH3 is 1. The van der Waals surface area contributed by atoms with Crippen LogP contribution in [0.2, 0.25) is 0 Å². The average molecular weight is 221 g/mol. The molecule has 0 amide bonds. The van der Waals surface area contributed by atoms with Gasteiger partial charge in [0.1, 0.15) is 5.76 Å². The zero-order chi connectivity index (χ0) is 12.0. The smallest absolute Gasteiger partial charge is 0.323 e. The number of ether oxygens (including phenoxy) is 1. The fourth-order valence-electron chi connectivity index (χ4n) is 1.72. The van der Waals surface area contributed by atoms with Gasteiger partial charge in [0.15, 0.2) is 5.92 Å². The molecule has 4 nitrogen and oxygen atoms in total. The lowest BCUT2D eigenvalue weighted by atomic mass is 9.87. The number of hydrogen-bond acceptors (Lipinski definition) is 4. The molecule has 4 heteroatoms. The van der Waals surface area contributed by atoms with Gasteiger partial charge >= 0.3 is 5.97 Å². The third-order valence-corrected chi connectivity index (χ3v) is 2.50. The highest BCUT2D eigenvalue weighted by molar-refractivity contribution is 5.76. The van der Waals surface area contributed by atoms with Crippen LogP contribution in [0.5, 0.6) is 0 Å². The van der Waals surface area contributed by atoms with Gasteiger partial charge in [-0.15, -0.1) is 0 Å². The third kappa shape index (κ3) is 2.63. The van der Waals surface area contributed by atoms with Gasteiger partial charge in [0, 0.05) is 5.92 Å². The molecule has 0 aliphatic rings. The van der Waals surface area contributed by atoms with Gasteiger partial charge in [-0.25, -0.2) is 0 Å². The van der Waals surface area contributed by atoms with Gasteiger partial charge in [0.25, 0.3) is 0 Å². The van der Waals surface area contributed by atoms with Crippen LogP contribution in [0.4, 0.5) is 0 Å². The topological polar surface area (TPSA) is 63.2 Å². The highest BCUT2D eigenvalue weighted by Gasteiger charge is 2.31. The first-order valence-electron chi connectivity index (χ1n) is 5.25. The predicted molar refractivity (Wildman–Crippen MR) is 57.5 cm³/mol. The van der Waals surface area contributed by atoms with E-state index in [1.54, 1.807) is 18.4 Å². The summed E-state index contributed by atoms with van der Waals surface area (Å²) in [7, 11) is 1.29. The van der Waals surface area contributed by atoms with Crippen molar-refractivity contribution >= 4 is 5.97 Å². The maximum absolute atomic E-state index is 11.5. The Labute approximate surface area is 94.8 Å². The fraction of sp³-hybridized carbons (Fsp3) is 0.500. The van der Waals surface area contributed by atoms with E-state index in [0.29, 0.717) is 5.76 Å². The van der Waals surface area contributed by atoms with Crippen LogP contribution in [0.3, 0.4) is 0 Å².